The van der Waals surface area contributed by atoms with Gasteiger partial charge in [-0.1, -0.05) is 12.1 Å². The van der Waals surface area contributed by atoms with Crippen molar-refractivity contribution in [1.29, 1.82) is 0 Å². The maximum absolute atomic E-state index is 11.0. The number of benzene rings is 1. The topological polar surface area (TPSA) is 74.6 Å². The van der Waals surface area contributed by atoms with Crippen LogP contribution in [0.4, 0.5) is 0 Å². The average molecular weight is 220 g/mol. The monoisotopic (exact) mass is 220 g/mol. The number of carbonyl (C=O) groups is 2. The Morgan fingerprint density at radius 1 is 1.12 bits per heavy atom. The van der Waals surface area contributed by atoms with Gasteiger partial charge in [-0.25, -0.2) is 4.79 Å². The van der Waals surface area contributed by atoms with E-state index in [1.807, 2.05) is 0 Å². The lowest BCUT2D eigenvalue weighted by atomic mass is 9.96. The minimum absolute atomic E-state index is 0.226. The van der Waals surface area contributed by atoms with Gasteiger partial charge in [0.25, 0.3) is 0 Å². The van der Waals surface area contributed by atoms with Gasteiger partial charge in [0.15, 0.2) is 0 Å². The zero-order valence-corrected chi connectivity index (χ0v) is 8.64. The molecule has 4 heteroatoms. The molecule has 1 saturated carbocycles. The third-order valence-electron chi connectivity index (χ3n) is 3.05. The van der Waals surface area contributed by atoms with Crippen molar-refractivity contribution >= 4 is 11.9 Å². The summed E-state index contributed by atoms with van der Waals surface area (Å²) < 4.78 is 0. The van der Waals surface area contributed by atoms with Crippen LogP contribution in [0.15, 0.2) is 24.3 Å². The van der Waals surface area contributed by atoms with E-state index < -0.39 is 17.4 Å². The highest BCUT2D eigenvalue weighted by Crippen LogP contribution is 2.48. The first-order valence-corrected chi connectivity index (χ1v) is 5.09. The lowest BCUT2D eigenvalue weighted by Gasteiger charge is -2.09. The maximum atomic E-state index is 11.0. The largest absolute Gasteiger partial charge is 0.481 e. The summed E-state index contributed by atoms with van der Waals surface area (Å²) in [5.41, 5.74) is 0.513. The molecule has 0 radical (unpaired) electrons. The molecule has 4 nitrogen and oxygen atoms in total. The molecule has 0 bridgehead atoms. The highest BCUT2D eigenvalue weighted by molar-refractivity contribution is 5.87. The normalized spacial score (nSPS) is 16.8. The predicted octanol–water partition coefficient (Wildman–Crippen LogP) is 1.79. The van der Waals surface area contributed by atoms with E-state index in [0.29, 0.717) is 19.3 Å². The van der Waals surface area contributed by atoms with Crippen LogP contribution in [-0.4, -0.2) is 22.2 Å². The molecule has 1 aromatic carbocycles. The quantitative estimate of drug-likeness (QED) is 0.811. The molecule has 84 valence electrons. The Morgan fingerprint density at radius 2 is 1.69 bits per heavy atom. The fraction of sp³-hybridized carbons (Fsp3) is 0.333. The molecule has 0 saturated heterocycles. The van der Waals surface area contributed by atoms with Crippen LogP contribution in [0.25, 0.3) is 0 Å². The summed E-state index contributed by atoms with van der Waals surface area (Å²) in [6.45, 7) is 0. The summed E-state index contributed by atoms with van der Waals surface area (Å²) in [5, 5.41) is 17.7. The second-order valence-electron chi connectivity index (χ2n) is 4.26. The number of carboxylic acid groups (broad SMARTS) is 2. The smallest absolute Gasteiger partial charge is 0.335 e. The molecule has 2 rings (SSSR count). The van der Waals surface area contributed by atoms with Crippen LogP contribution >= 0.6 is 0 Å². The van der Waals surface area contributed by atoms with E-state index in [9.17, 15) is 9.59 Å². The zero-order chi connectivity index (χ0) is 11.8. The Balaban J connectivity index is 2.12. The number of hydrogen-bond acceptors (Lipinski definition) is 2. The number of hydrogen-bond donors (Lipinski definition) is 2. The second-order valence-corrected chi connectivity index (χ2v) is 4.26. The van der Waals surface area contributed by atoms with Crippen LogP contribution in [0.2, 0.25) is 0 Å². The number of rotatable bonds is 4. The van der Waals surface area contributed by atoms with E-state index in [-0.39, 0.29) is 5.56 Å². The second kappa shape index (κ2) is 3.63. The average Bonchev–Trinajstić information content (AvgIpc) is 3.00. The Morgan fingerprint density at radius 3 is 2.06 bits per heavy atom. The molecule has 16 heavy (non-hydrogen) atoms. The molecule has 0 unspecified atom stereocenters. The number of aromatic carboxylic acids is 1. The highest BCUT2D eigenvalue weighted by atomic mass is 16.4. The van der Waals surface area contributed by atoms with Gasteiger partial charge in [0, 0.05) is 0 Å². The lowest BCUT2D eigenvalue weighted by molar-refractivity contribution is -0.143. The summed E-state index contributed by atoms with van der Waals surface area (Å²) in [6.07, 6.45) is 1.91. The molecule has 0 aromatic heterocycles. The van der Waals surface area contributed by atoms with Crippen molar-refractivity contribution in [3.63, 3.8) is 0 Å². The van der Waals surface area contributed by atoms with Gasteiger partial charge in [0.1, 0.15) is 0 Å². The van der Waals surface area contributed by atoms with Crippen molar-refractivity contribution < 1.29 is 19.8 Å². The van der Waals surface area contributed by atoms with E-state index in [1.165, 1.54) is 12.1 Å². The van der Waals surface area contributed by atoms with Gasteiger partial charge < -0.3 is 10.2 Å². The van der Waals surface area contributed by atoms with E-state index in [4.69, 9.17) is 10.2 Å². The van der Waals surface area contributed by atoms with E-state index in [1.54, 1.807) is 12.1 Å². The van der Waals surface area contributed by atoms with Crippen molar-refractivity contribution in [3.05, 3.63) is 35.4 Å². The highest BCUT2D eigenvalue weighted by Gasteiger charge is 2.49. The third kappa shape index (κ3) is 1.91. The Bertz CT molecular complexity index is 429. The van der Waals surface area contributed by atoms with Crippen LogP contribution in [0.1, 0.15) is 28.8 Å². The molecule has 1 fully saturated rings. The summed E-state index contributed by atoms with van der Waals surface area (Å²) in [4.78, 5) is 21.6. The van der Waals surface area contributed by atoms with Gasteiger partial charge in [-0.05, 0) is 37.0 Å². The molecule has 2 N–H and O–H groups in total. The van der Waals surface area contributed by atoms with E-state index in [0.717, 1.165) is 5.56 Å². The molecular weight excluding hydrogens is 208 g/mol. The molecule has 0 aliphatic heterocycles. The van der Waals surface area contributed by atoms with Crippen molar-refractivity contribution in [2.75, 3.05) is 0 Å². The van der Waals surface area contributed by atoms with Gasteiger partial charge >= 0.3 is 11.9 Å². The minimum atomic E-state index is -0.967. The Kier molecular flexibility index (Phi) is 2.42. The fourth-order valence-electron chi connectivity index (χ4n) is 1.77. The molecule has 0 amide bonds. The van der Waals surface area contributed by atoms with Crippen LogP contribution in [0, 0.1) is 5.41 Å². The number of aliphatic carboxylic acids is 1. The maximum Gasteiger partial charge on any atom is 0.335 e. The lowest BCUT2D eigenvalue weighted by Crippen LogP contribution is -2.17. The SMILES string of the molecule is O=C(O)c1ccc(CC2(C(=O)O)CC2)cc1. The Labute approximate surface area is 92.5 Å². The van der Waals surface area contributed by atoms with Gasteiger partial charge in [0.05, 0.1) is 11.0 Å². The molecule has 0 spiro atoms. The molecule has 0 atom stereocenters. The first-order chi connectivity index (χ1) is 7.53. The standard InChI is InChI=1S/C12H12O4/c13-10(14)9-3-1-8(2-4-9)7-12(5-6-12)11(15)16/h1-4H,5-7H2,(H,13,14)(H,15,16). The molecule has 0 heterocycles. The molecule has 1 aromatic rings. The summed E-state index contributed by atoms with van der Waals surface area (Å²) in [6, 6.07) is 6.39. The summed E-state index contributed by atoms with van der Waals surface area (Å²) in [5.74, 6) is -1.72. The van der Waals surface area contributed by atoms with Gasteiger partial charge in [-0.2, -0.15) is 0 Å². The van der Waals surface area contributed by atoms with Crippen molar-refractivity contribution in [2.45, 2.75) is 19.3 Å². The van der Waals surface area contributed by atoms with Crippen LogP contribution in [-0.2, 0) is 11.2 Å². The van der Waals surface area contributed by atoms with Crippen LogP contribution in [0.5, 0.6) is 0 Å². The van der Waals surface area contributed by atoms with Gasteiger partial charge in [-0.3, -0.25) is 4.79 Å². The first kappa shape index (κ1) is 10.7. The molecular formula is C12H12O4. The van der Waals surface area contributed by atoms with E-state index in [2.05, 4.69) is 0 Å². The van der Waals surface area contributed by atoms with Crippen molar-refractivity contribution in [1.82, 2.24) is 0 Å². The van der Waals surface area contributed by atoms with Crippen molar-refractivity contribution in [3.8, 4) is 0 Å². The third-order valence-corrected chi connectivity index (χ3v) is 3.05. The molecule has 1 aliphatic rings. The zero-order valence-electron chi connectivity index (χ0n) is 8.64. The number of carboxylic acids is 2. The summed E-state index contributed by atoms with van der Waals surface area (Å²) in [7, 11) is 0. The van der Waals surface area contributed by atoms with Crippen LogP contribution in [0.3, 0.4) is 0 Å². The van der Waals surface area contributed by atoms with Gasteiger partial charge in [-0.15, -0.1) is 0 Å². The Hall–Kier alpha value is -1.84. The van der Waals surface area contributed by atoms with Crippen molar-refractivity contribution in [2.24, 2.45) is 5.41 Å². The van der Waals surface area contributed by atoms with Crippen LogP contribution < -0.4 is 0 Å². The van der Waals surface area contributed by atoms with E-state index >= 15 is 0 Å². The molecule has 1 aliphatic carbocycles. The fourth-order valence-corrected chi connectivity index (χ4v) is 1.77. The summed E-state index contributed by atoms with van der Waals surface area (Å²) >= 11 is 0. The minimum Gasteiger partial charge on any atom is -0.481 e. The van der Waals surface area contributed by atoms with Gasteiger partial charge in [0.2, 0.25) is 0 Å². The predicted molar refractivity (Wildman–Crippen MR) is 56.4 cm³/mol. The first-order valence-electron chi connectivity index (χ1n) is 5.09.